The number of hydrogen-bond acceptors (Lipinski definition) is 2. The van der Waals surface area contributed by atoms with Crippen LogP contribution in [0.1, 0.15) is 45.4 Å². The molecule has 3 atom stereocenters. The Morgan fingerprint density at radius 1 is 1.38 bits per heavy atom. The highest BCUT2D eigenvalue weighted by Crippen LogP contribution is 2.37. The van der Waals surface area contributed by atoms with Crippen LogP contribution in [0.2, 0.25) is 0 Å². The van der Waals surface area contributed by atoms with E-state index in [0.29, 0.717) is 12.3 Å². The van der Waals surface area contributed by atoms with Crippen LogP contribution in [0.25, 0.3) is 0 Å². The molecule has 2 rings (SSSR count). The third-order valence-electron chi connectivity index (χ3n) is 4.13. The zero-order valence-electron chi connectivity index (χ0n) is 10.3. The highest BCUT2D eigenvalue weighted by Gasteiger charge is 2.37. The molecule has 0 aromatic heterocycles. The van der Waals surface area contributed by atoms with E-state index in [1.54, 1.807) is 0 Å². The lowest BCUT2D eigenvalue weighted by atomic mass is 10.0. The van der Waals surface area contributed by atoms with Crippen molar-refractivity contribution >= 4 is 5.91 Å². The van der Waals surface area contributed by atoms with Gasteiger partial charge in [0, 0.05) is 25.6 Å². The van der Waals surface area contributed by atoms with Gasteiger partial charge in [0.2, 0.25) is 5.91 Å². The molecule has 0 spiro atoms. The summed E-state index contributed by atoms with van der Waals surface area (Å²) in [7, 11) is 0. The molecule has 0 bridgehead atoms. The molecule has 3 unspecified atom stereocenters. The van der Waals surface area contributed by atoms with E-state index in [1.165, 1.54) is 19.3 Å². The van der Waals surface area contributed by atoms with Gasteiger partial charge in [-0.2, -0.15) is 0 Å². The van der Waals surface area contributed by atoms with Crippen molar-refractivity contribution < 1.29 is 4.79 Å². The number of carbonyl (C=O) groups is 1. The topological polar surface area (TPSA) is 46.3 Å². The van der Waals surface area contributed by atoms with E-state index in [2.05, 4.69) is 4.90 Å². The summed E-state index contributed by atoms with van der Waals surface area (Å²) in [6.07, 6.45) is 6.67. The van der Waals surface area contributed by atoms with Crippen molar-refractivity contribution in [3.8, 4) is 0 Å². The molecule has 2 aliphatic rings. The normalized spacial score (nSPS) is 30.5. The van der Waals surface area contributed by atoms with Gasteiger partial charge in [-0.1, -0.05) is 6.42 Å². The van der Waals surface area contributed by atoms with E-state index in [1.807, 2.05) is 6.92 Å². The first-order valence-electron chi connectivity index (χ1n) is 6.70. The zero-order valence-corrected chi connectivity index (χ0v) is 10.3. The van der Waals surface area contributed by atoms with Crippen molar-refractivity contribution in [2.24, 2.45) is 17.6 Å². The monoisotopic (exact) mass is 224 g/mol. The molecule has 1 aliphatic heterocycles. The first-order valence-corrected chi connectivity index (χ1v) is 6.70. The quantitative estimate of drug-likeness (QED) is 0.791. The molecule has 3 heteroatoms. The lowest BCUT2D eigenvalue weighted by molar-refractivity contribution is -0.130. The van der Waals surface area contributed by atoms with E-state index < -0.39 is 0 Å². The van der Waals surface area contributed by atoms with Gasteiger partial charge in [0.1, 0.15) is 0 Å². The average molecular weight is 224 g/mol. The molecule has 1 saturated heterocycles. The van der Waals surface area contributed by atoms with Crippen molar-refractivity contribution in [2.75, 3.05) is 13.1 Å². The molecule has 1 saturated carbocycles. The van der Waals surface area contributed by atoms with Crippen molar-refractivity contribution in [3.63, 3.8) is 0 Å². The minimum Gasteiger partial charge on any atom is -0.342 e. The number of carbonyl (C=O) groups excluding carboxylic acids is 1. The second-order valence-corrected chi connectivity index (χ2v) is 5.62. The van der Waals surface area contributed by atoms with Crippen LogP contribution < -0.4 is 5.73 Å². The van der Waals surface area contributed by atoms with E-state index in [0.717, 1.165) is 37.8 Å². The fraction of sp³-hybridized carbons (Fsp3) is 0.923. The minimum atomic E-state index is 0.228. The number of rotatable bonds is 4. The molecular formula is C13H24N2O. The van der Waals surface area contributed by atoms with Crippen LogP contribution in [0, 0.1) is 11.8 Å². The van der Waals surface area contributed by atoms with Gasteiger partial charge in [-0.05, 0) is 44.4 Å². The molecule has 0 radical (unpaired) electrons. The summed E-state index contributed by atoms with van der Waals surface area (Å²) in [5, 5.41) is 0. The second-order valence-electron chi connectivity index (χ2n) is 5.62. The first kappa shape index (κ1) is 11.9. The molecular weight excluding hydrogens is 200 g/mol. The summed E-state index contributed by atoms with van der Waals surface area (Å²) in [6, 6.07) is 0.228. The maximum atomic E-state index is 11.9. The van der Waals surface area contributed by atoms with E-state index in [4.69, 9.17) is 5.73 Å². The number of fused-ring (bicyclic) bond motifs is 1. The summed E-state index contributed by atoms with van der Waals surface area (Å²) in [5.74, 6) is 1.99. The van der Waals surface area contributed by atoms with Crippen molar-refractivity contribution in [1.29, 1.82) is 0 Å². The van der Waals surface area contributed by atoms with Crippen LogP contribution in [0.4, 0.5) is 0 Å². The SMILES string of the molecule is CC(N)CCCC(=O)N1CC2CCCC2C1. The fourth-order valence-corrected chi connectivity index (χ4v) is 3.17. The standard InChI is InChI=1S/C13H24N2O/c1-10(14)4-2-7-13(16)15-8-11-5-3-6-12(11)9-15/h10-12H,2-9,14H2,1H3. The fourth-order valence-electron chi connectivity index (χ4n) is 3.17. The molecule has 0 aromatic rings. The van der Waals surface area contributed by atoms with Gasteiger partial charge in [-0.25, -0.2) is 0 Å². The Kier molecular flexibility index (Phi) is 3.85. The number of hydrogen-bond donors (Lipinski definition) is 1. The Balaban J connectivity index is 1.70. The van der Waals surface area contributed by atoms with Crippen LogP contribution in [-0.4, -0.2) is 29.9 Å². The Morgan fingerprint density at radius 3 is 2.56 bits per heavy atom. The number of likely N-dealkylation sites (tertiary alicyclic amines) is 1. The van der Waals surface area contributed by atoms with Crippen LogP contribution in [-0.2, 0) is 4.79 Å². The Hall–Kier alpha value is -0.570. The van der Waals surface area contributed by atoms with Crippen LogP contribution in [0.15, 0.2) is 0 Å². The molecule has 0 aromatic carbocycles. The minimum absolute atomic E-state index is 0.228. The molecule has 1 heterocycles. The van der Waals surface area contributed by atoms with Crippen molar-refractivity contribution in [1.82, 2.24) is 4.90 Å². The van der Waals surface area contributed by atoms with Gasteiger partial charge < -0.3 is 10.6 Å². The molecule has 1 amide bonds. The van der Waals surface area contributed by atoms with Crippen LogP contribution in [0.5, 0.6) is 0 Å². The van der Waals surface area contributed by atoms with Gasteiger partial charge in [0.05, 0.1) is 0 Å². The predicted octanol–water partition coefficient (Wildman–Crippen LogP) is 1.76. The average Bonchev–Trinajstić information content (AvgIpc) is 2.75. The molecule has 1 aliphatic carbocycles. The predicted molar refractivity (Wildman–Crippen MR) is 64.9 cm³/mol. The summed E-state index contributed by atoms with van der Waals surface area (Å²) in [5.41, 5.74) is 5.68. The Labute approximate surface area is 98.4 Å². The van der Waals surface area contributed by atoms with E-state index >= 15 is 0 Å². The van der Waals surface area contributed by atoms with Crippen molar-refractivity contribution in [2.45, 2.75) is 51.5 Å². The van der Waals surface area contributed by atoms with E-state index in [9.17, 15) is 4.79 Å². The van der Waals surface area contributed by atoms with Crippen LogP contribution in [0.3, 0.4) is 0 Å². The highest BCUT2D eigenvalue weighted by molar-refractivity contribution is 5.76. The third kappa shape index (κ3) is 2.76. The van der Waals surface area contributed by atoms with Crippen LogP contribution >= 0.6 is 0 Å². The van der Waals surface area contributed by atoms with Gasteiger partial charge in [-0.3, -0.25) is 4.79 Å². The van der Waals surface area contributed by atoms with E-state index in [-0.39, 0.29) is 6.04 Å². The van der Waals surface area contributed by atoms with Gasteiger partial charge >= 0.3 is 0 Å². The molecule has 92 valence electrons. The number of nitrogens with zero attached hydrogens (tertiary/aromatic N) is 1. The highest BCUT2D eigenvalue weighted by atomic mass is 16.2. The maximum Gasteiger partial charge on any atom is 0.222 e. The maximum absolute atomic E-state index is 11.9. The number of amides is 1. The number of nitrogens with two attached hydrogens (primary N) is 1. The molecule has 2 fully saturated rings. The summed E-state index contributed by atoms with van der Waals surface area (Å²) in [6.45, 7) is 4.06. The summed E-state index contributed by atoms with van der Waals surface area (Å²) >= 11 is 0. The van der Waals surface area contributed by atoms with Gasteiger partial charge in [-0.15, -0.1) is 0 Å². The summed E-state index contributed by atoms with van der Waals surface area (Å²) < 4.78 is 0. The third-order valence-corrected chi connectivity index (χ3v) is 4.13. The van der Waals surface area contributed by atoms with Gasteiger partial charge in [0.15, 0.2) is 0 Å². The molecule has 3 nitrogen and oxygen atoms in total. The lowest BCUT2D eigenvalue weighted by Gasteiger charge is -2.17. The molecule has 2 N–H and O–H groups in total. The Bertz CT molecular complexity index is 240. The lowest BCUT2D eigenvalue weighted by Crippen LogP contribution is -2.29. The van der Waals surface area contributed by atoms with Gasteiger partial charge in [0.25, 0.3) is 0 Å². The smallest absolute Gasteiger partial charge is 0.222 e. The largest absolute Gasteiger partial charge is 0.342 e. The Morgan fingerprint density at radius 2 is 2.00 bits per heavy atom. The van der Waals surface area contributed by atoms with Crippen molar-refractivity contribution in [3.05, 3.63) is 0 Å². The first-order chi connectivity index (χ1) is 7.66. The summed E-state index contributed by atoms with van der Waals surface area (Å²) in [4.78, 5) is 14.0. The molecule has 16 heavy (non-hydrogen) atoms. The zero-order chi connectivity index (χ0) is 11.5. The second kappa shape index (κ2) is 5.17.